The lowest BCUT2D eigenvalue weighted by atomic mass is 10.2. The fourth-order valence-corrected chi connectivity index (χ4v) is 2.74. The number of hydrogen-bond donors (Lipinski definition) is 0. The first-order valence-electron chi connectivity index (χ1n) is 6.08. The first kappa shape index (κ1) is 12.5. The van der Waals surface area contributed by atoms with Gasteiger partial charge in [0.2, 0.25) is 0 Å². The summed E-state index contributed by atoms with van der Waals surface area (Å²) in [6, 6.07) is 11.7. The van der Waals surface area contributed by atoms with E-state index in [1.807, 2.05) is 42.7 Å². The Bertz CT molecular complexity index is 705. The van der Waals surface area contributed by atoms with Crippen molar-refractivity contribution in [1.29, 1.82) is 0 Å². The van der Waals surface area contributed by atoms with E-state index in [1.165, 1.54) is 0 Å². The zero-order chi connectivity index (χ0) is 13.2. The smallest absolute Gasteiger partial charge is 0.0514 e. The molecule has 3 aromatic rings. The number of pyridine rings is 1. The van der Waals surface area contributed by atoms with Crippen molar-refractivity contribution in [1.82, 2.24) is 9.55 Å². The molecule has 0 aliphatic heterocycles. The molecule has 96 valence electrons. The molecular formula is C15H12Cl2N2. The van der Waals surface area contributed by atoms with Crippen LogP contribution in [0.5, 0.6) is 0 Å². The quantitative estimate of drug-likeness (QED) is 0.690. The molecule has 0 amide bonds. The highest BCUT2D eigenvalue weighted by atomic mass is 35.5. The molecule has 0 spiro atoms. The third kappa shape index (κ3) is 2.60. The number of aryl methyl sites for hydroxylation is 2. The zero-order valence-electron chi connectivity index (χ0n) is 10.2. The van der Waals surface area contributed by atoms with Crippen molar-refractivity contribution >= 4 is 34.1 Å². The number of aromatic nitrogens is 2. The molecule has 1 aromatic carbocycles. The first-order valence-corrected chi connectivity index (χ1v) is 6.83. The van der Waals surface area contributed by atoms with Crippen LogP contribution >= 0.6 is 23.2 Å². The molecule has 0 saturated heterocycles. The average Bonchev–Trinajstić information content (AvgIpc) is 2.81. The molecule has 2 heterocycles. The van der Waals surface area contributed by atoms with E-state index in [2.05, 4.69) is 9.55 Å². The fraction of sp³-hybridized carbons (Fsp3) is 0.133. The lowest BCUT2D eigenvalue weighted by molar-refractivity contribution is 0.710. The molecule has 19 heavy (non-hydrogen) atoms. The van der Waals surface area contributed by atoms with Crippen molar-refractivity contribution in [2.24, 2.45) is 0 Å². The minimum absolute atomic E-state index is 0.662. The fourth-order valence-electron chi connectivity index (χ4n) is 2.19. The molecule has 0 radical (unpaired) electrons. The van der Waals surface area contributed by atoms with Crippen molar-refractivity contribution in [3.8, 4) is 0 Å². The Morgan fingerprint density at radius 3 is 2.79 bits per heavy atom. The molecule has 2 aromatic heterocycles. The van der Waals surface area contributed by atoms with E-state index in [0.29, 0.717) is 10.0 Å². The summed E-state index contributed by atoms with van der Waals surface area (Å²) in [5.41, 5.74) is 2.14. The number of halogens is 2. The highest BCUT2D eigenvalue weighted by Crippen LogP contribution is 2.28. The van der Waals surface area contributed by atoms with E-state index in [9.17, 15) is 0 Å². The molecule has 0 aliphatic carbocycles. The van der Waals surface area contributed by atoms with Crippen LogP contribution in [0.25, 0.3) is 10.9 Å². The predicted molar refractivity (Wildman–Crippen MR) is 79.9 cm³/mol. The maximum absolute atomic E-state index is 6.18. The van der Waals surface area contributed by atoms with Crippen molar-refractivity contribution in [2.75, 3.05) is 0 Å². The Balaban J connectivity index is 1.89. The molecule has 2 nitrogen and oxygen atoms in total. The van der Waals surface area contributed by atoms with Gasteiger partial charge in [-0.05, 0) is 30.3 Å². The molecule has 0 unspecified atom stereocenters. The van der Waals surface area contributed by atoms with Crippen LogP contribution in [0.15, 0.2) is 48.8 Å². The van der Waals surface area contributed by atoms with Crippen molar-refractivity contribution in [3.05, 3.63) is 64.5 Å². The second kappa shape index (κ2) is 5.24. The van der Waals surface area contributed by atoms with Gasteiger partial charge in [0.05, 0.1) is 10.5 Å². The summed E-state index contributed by atoms with van der Waals surface area (Å²) in [5, 5.41) is 2.39. The maximum Gasteiger partial charge on any atom is 0.0514 e. The molecule has 0 fully saturated rings. The average molecular weight is 291 g/mol. The highest BCUT2D eigenvalue weighted by molar-refractivity contribution is 6.38. The minimum atomic E-state index is 0.662. The van der Waals surface area contributed by atoms with E-state index < -0.39 is 0 Å². The van der Waals surface area contributed by atoms with Crippen LogP contribution in [0.3, 0.4) is 0 Å². The Morgan fingerprint density at radius 2 is 2.00 bits per heavy atom. The van der Waals surface area contributed by atoms with Gasteiger partial charge in [-0.25, -0.2) is 0 Å². The second-order valence-corrected chi connectivity index (χ2v) is 5.24. The summed E-state index contributed by atoms with van der Waals surface area (Å²) >= 11 is 12.2. The summed E-state index contributed by atoms with van der Waals surface area (Å²) in [5.74, 6) is 0. The van der Waals surface area contributed by atoms with E-state index in [1.54, 1.807) is 6.07 Å². The number of fused-ring (bicyclic) bond motifs is 1. The third-order valence-electron chi connectivity index (χ3n) is 3.14. The van der Waals surface area contributed by atoms with Crippen molar-refractivity contribution in [3.63, 3.8) is 0 Å². The van der Waals surface area contributed by atoms with Crippen LogP contribution in [0.1, 0.15) is 5.69 Å². The zero-order valence-corrected chi connectivity index (χ0v) is 11.7. The first-order chi connectivity index (χ1) is 9.24. The Hall–Kier alpha value is -1.51. The maximum atomic E-state index is 6.18. The van der Waals surface area contributed by atoms with Gasteiger partial charge in [-0.2, -0.15) is 0 Å². The van der Waals surface area contributed by atoms with Crippen LogP contribution in [0.2, 0.25) is 10.0 Å². The number of hydrogen-bond acceptors (Lipinski definition) is 1. The van der Waals surface area contributed by atoms with Gasteiger partial charge in [-0.15, -0.1) is 0 Å². The lowest BCUT2D eigenvalue weighted by Crippen LogP contribution is -2.01. The molecule has 0 saturated carbocycles. The lowest BCUT2D eigenvalue weighted by Gasteiger charge is -2.06. The van der Waals surface area contributed by atoms with E-state index in [0.717, 1.165) is 29.6 Å². The molecule has 3 rings (SSSR count). The van der Waals surface area contributed by atoms with Gasteiger partial charge >= 0.3 is 0 Å². The number of nitrogens with zero attached hydrogens (tertiary/aromatic N) is 2. The minimum Gasteiger partial charge on any atom is -0.347 e. The third-order valence-corrected chi connectivity index (χ3v) is 3.67. The van der Waals surface area contributed by atoms with Gasteiger partial charge in [0.25, 0.3) is 0 Å². The van der Waals surface area contributed by atoms with Crippen LogP contribution in [-0.4, -0.2) is 9.55 Å². The van der Waals surface area contributed by atoms with Crippen molar-refractivity contribution in [2.45, 2.75) is 13.0 Å². The van der Waals surface area contributed by atoms with E-state index in [-0.39, 0.29) is 0 Å². The van der Waals surface area contributed by atoms with E-state index in [4.69, 9.17) is 23.2 Å². The normalized spacial score (nSPS) is 11.1. The summed E-state index contributed by atoms with van der Waals surface area (Å²) in [4.78, 5) is 4.33. The highest BCUT2D eigenvalue weighted by Gasteiger charge is 2.06. The van der Waals surface area contributed by atoms with Crippen LogP contribution in [0.4, 0.5) is 0 Å². The van der Waals surface area contributed by atoms with Gasteiger partial charge in [0.15, 0.2) is 0 Å². The molecular weight excluding hydrogens is 279 g/mol. The predicted octanol–water partition coefficient (Wildman–Crippen LogP) is 4.59. The van der Waals surface area contributed by atoms with Crippen LogP contribution in [0, 0.1) is 0 Å². The Labute approximate surface area is 121 Å². The summed E-state index contributed by atoms with van der Waals surface area (Å²) < 4.78 is 2.15. The molecule has 0 aliphatic rings. The summed E-state index contributed by atoms with van der Waals surface area (Å²) in [6.07, 6.45) is 4.74. The van der Waals surface area contributed by atoms with Crippen LogP contribution in [-0.2, 0) is 13.0 Å². The molecule has 0 N–H and O–H groups in total. The van der Waals surface area contributed by atoms with Gasteiger partial charge in [-0.1, -0.05) is 29.3 Å². The SMILES string of the molecule is Clc1cc(Cl)c2ccn(CCc3ccccn3)c2c1. The monoisotopic (exact) mass is 290 g/mol. The van der Waals surface area contributed by atoms with Gasteiger partial charge in [-0.3, -0.25) is 4.98 Å². The van der Waals surface area contributed by atoms with E-state index >= 15 is 0 Å². The topological polar surface area (TPSA) is 17.8 Å². The summed E-state index contributed by atoms with van der Waals surface area (Å²) in [6.45, 7) is 0.858. The van der Waals surface area contributed by atoms with Gasteiger partial charge in [0, 0.05) is 41.5 Å². The number of rotatable bonds is 3. The van der Waals surface area contributed by atoms with Gasteiger partial charge < -0.3 is 4.57 Å². The van der Waals surface area contributed by atoms with Crippen molar-refractivity contribution < 1.29 is 0 Å². The summed E-state index contributed by atoms with van der Waals surface area (Å²) in [7, 11) is 0. The second-order valence-electron chi connectivity index (χ2n) is 4.40. The Morgan fingerprint density at radius 1 is 1.11 bits per heavy atom. The Kier molecular flexibility index (Phi) is 3.45. The standard InChI is InChI=1S/C15H12Cl2N2/c16-11-9-14(17)13-5-8-19(15(13)10-11)7-4-12-3-1-2-6-18-12/h1-3,5-6,8-10H,4,7H2. The molecule has 4 heteroatoms. The molecule has 0 bridgehead atoms. The van der Waals surface area contributed by atoms with Gasteiger partial charge in [0.1, 0.15) is 0 Å². The largest absolute Gasteiger partial charge is 0.347 e. The number of benzene rings is 1. The molecule has 0 atom stereocenters. The van der Waals surface area contributed by atoms with Crippen LogP contribution < -0.4 is 0 Å².